The summed E-state index contributed by atoms with van der Waals surface area (Å²) in [5.74, 6) is 0.632. The summed E-state index contributed by atoms with van der Waals surface area (Å²) in [7, 11) is 6.34. The average molecular weight is 431 g/mol. The Labute approximate surface area is 181 Å². The molecule has 0 aliphatic carbocycles. The molecule has 2 amide bonds. The highest BCUT2D eigenvalue weighted by Gasteiger charge is 2.31. The summed E-state index contributed by atoms with van der Waals surface area (Å²) < 4.78 is 17.4. The molecule has 1 aliphatic rings. The van der Waals surface area contributed by atoms with E-state index in [9.17, 15) is 14.4 Å². The first-order chi connectivity index (χ1) is 14.4. The van der Waals surface area contributed by atoms with E-state index in [1.54, 1.807) is 28.1 Å². The van der Waals surface area contributed by atoms with Crippen molar-refractivity contribution in [3.05, 3.63) is 33.2 Å². The maximum Gasteiger partial charge on any atom is 0.340 e. The zero-order valence-corrected chi connectivity index (χ0v) is 19.2. The van der Waals surface area contributed by atoms with Crippen molar-refractivity contribution in [1.29, 1.82) is 0 Å². The molecule has 8 nitrogen and oxygen atoms in total. The summed E-state index contributed by atoms with van der Waals surface area (Å²) in [6, 6.07) is 1.82. The highest BCUT2D eigenvalue weighted by Crippen LogP contribution is 2.43. The molecule has 0 fully saturated rings. The van der Waals surface area contributed by atoms with Gasteiger partial charge in [0.2, 0.25) is 11.8 Å². The molecule has 0 bridgehead atoms. The third-order valence-electron chi connectivity index (χ3n) is 5.78. The SMILES string of the molecule is COc1cc2c(c3oc(=O)c(CC(=O)N(C)CC(=O)N(C)C)c(C)c13)CCC(C)(C)O2. The lowest BCUT2D eigenvalue weighted by molar-refractivity contribution is -0.137. The number of fused-ring (bicyclic) bond motifs is 3. The molecule has 0 saturated carbocycles. The lowest BCUT2D eigenvalue weighted by atomic mass is 9.91. The lowest BCUT2D eigenvalue weighted by Gasteiger charge is -2.33. The summed E-state index contributed by atoms with van der Waals surface area (Å²) in [4.78, 5) is 40.2. The van der Waals surface area contributed by atoms with Gasteiger partial charge >= 0.3 is 5.63 Å². The minimum atomic E-state index is -0.564. The van der Waals surface area contributed by atoms with Crippen molar-refractivity contribution in [1.82, 2.24) is 9.80 Å². The Morgan fingerprint density at radius 2 is 1.87 bits per heavy atom. The van der Waals surface area contributed by atoms with Gasteiger partial charge in [0.15, 0.2) is 0 Å². The molecule has 1 aromatic carbocycles. The number of carbonyl (C=O) groups is 2. The van der Waals surface area contributed by atoms with Crippen molar-refractivity contribution in [2.45, 2.75) is 45.6 Å². The van der Waals surface area contributed by atoms with Gasteiger partial charge < -0.3 is 23.7 Å². The lowest BCUT2D eigenvalue weighted by Crippen LogP contribution is -2.39. The van der Waals surface area contributed by atoms with Crippen LogP contribution in [-0.2, 0) is 22.4 Å². The fourth-order valence-electron chi connectivity index (χ4n) is 3.77. The van der Waals surface area contributed by atoms with Crippen LogP contribution in [0.3, 0.4) is 0 Å². The number of benzene rings is 1. The van der Waals surface area contributed by atoms with Crippen LogP contribution in [0.4, 0.5) is 0 Å². The van der Waals surface area contributed by atoms with Gasteiger partial charge in [-0.2, -0.15) is 0 Å². The number of hydrogen-bond acceptors (Lipinski definition) is 6. The Kier molecular flexibility index (Phi) is 6.02. The Morgan fingerprint density at radius 3 is 2.48 bits per heavy atom. The zero-order valence-electron chi connectivity index (χ0n) is 19.2. The quantitative estimate of drug-likeness (QED) is 0.677. The second-order valence-electron chi connectivity index (χ2n) is 8.83. The van der Waals surface area contributed by atoms with Gasteiger partial charge in [0, 0.05) is 32.8 Å². The predicted octanol–water partition coefficient (Wildman–Crippen LogP) is 2.30. The van der Waals surface area contributed by atoms with Crippen LogP contribution in [0.5, 0.6) is 11.5 Å². The molecular formula is C23H30N2O6. The Balaban J connectivity index is 2.05. The van der Waals surface area contributed by atoms with E-state index in [0.717, 1.165) is 12.0 Å². The molecule has 1 aliphatic heterocycles. The van der Waals surface area contributed by atoms with E-state index in [4.69, 9.17) is 13.9 Å². The van der Waals surface area contributed by atoms with Crippen LogP contribution in [0.25, 0.3) is 11.0 Å². The van der Waals surface area contributed by atoms with Gasteiger partial charge in [-0.25, -0.2) is 4.79 Å². The van der Waals surface area contributed by atoms with Gasteiger partial charge in [0.25, 0.3) is 0 Å². The summed E-state index contributed by atoms with van der Waals surface area (Å²) in [5, 5.41) is 0.666. The van der Waals surface area contributed by atoms with Gasteiger partial charge in [0.1, 0.15) is 22.7 Å². The van der Waals surface area contributed by atoms with Crippen molar-refractivity contribution < 1.29 is 23.5 Å². The van der Waals surface area contributed by atoms with Gasteiger partial charge in [-0.05, 0) is 39.2 Å². The summed E-state index contributed by atoms with van der Waals surface area (Å²) >= 11 is 0. The molecule has 0 N–H and O–H groups in total. The zero-order chi connectivity index (χ0) is 23.1. The highest BCUT2D eigenvalue weighted by molar-refractivity contribution is 5.93. The molecule has 8 heteroatoms. The minimum absolute atomic E-state index is 0.0618. The molecule has 168 valence electrons. The molecule has 2 heterocycles. The minimum Gasteiger partial charge on any atom is -0.496 e. The van der Waals surface area contributed by atoms with Gasteiger partial charge in [-0.1, -0.05) is 0 Å². The maximum atomic E-state index is 12.9. The topological polar surface area (TPSA) is 89.3 Å². The summed E-state index contributed by atoms with van der Waals surface area (Å²) in [6.45, 7) is 5.75. The molecule has 0 spiro atoms. The molecule has 0 radical (unpaired) electrons. The van der Waals surface area contributed by atoms with E-state index < -0.39 is 5.63 Å². The highest BCUT2D eigenvalue weighted by atomic mass is 16.5. The van der Waals surface area contributed by atoms with Crippen LogP contribution in [0.15, 0.2) is 15.3 Å². The van der Waals surface area contributed by atoms with Gasteiger partial charge in [-0.3, -0.25) is 9.59 Å². The van der Waals surface area contributed by atoms with Crippen LogP contribution in [-0.4, -0.2) is 62.0 Å². The predicted molar refractivity (Wildman–Crippen MR) is 117 cm³/mol. The van der Waals surface area contributed by atoms with E-state index >= 15 is 0 Å². The smallest absolute Gasteiger partial charge is 0.340 e. The van der Waals surface area contributed by atoms with Gasteiger partial charge in [-0.15, -0.1) is 0 Å². The Hall–Kier alpha value is -3.03. The molecule has 0 atom stereocenters. The van der Waals surface area contributed by atoms with Crippen LogP contribution < -0.4 is 15.1 Å². The van der Waals surface area contributed by atoms with Crippen molar-refractivity contribution in [3.63, 3.8) is 0 Å². The summed E-state index contributed by atoms with van der Waals surface area (Å²) in [6.07, 6.45) is 1.33. The number of carbonyl (C=O) groups excluding carboxylic acids is 2. The fourth-order valence-corrected chi connectivity index (χ4v) is 3.77. The van der Waals surface area contributed by atoms with Crippen LogP contribution in [0, 0.1) is 6.92 Å². The largest absolute Gasteiger partial charge is 0.496 e. The van der Waals surface area contributed by atoms with Crippen LogP contribution in [0.2, 0.25) is 0 Å². The first-order valence-corrected chi connectivity index (χ1v) is 10.2. The monoisotopic (exact) mass is 430 g/mol. The van der Waals surface area contributed by atoms with Crippen molar-refractivity contribution >= 4 is 22.8 Å². The number of methoxy groups -OCH3 is 1. The van der Waals surface area contributed by atoms with E-state index in [0.29, 0.717) is 34.5 Å². The van der Waals surface area contributed by atoms with E-state index in [2.05, 4.69) is 0 Å². The molecule has 0 saturated heterocycles. The number of rotatable bonds is 5. The van der Waals surface area contributed by atoms with E-state index in [1.165, 1.54) is 16.8 Å². The molecule has 1 aromatic heterocycles. The molecular weight excluding hydrogens is 400 g/mol. The Bertz CT molecular complexity index is 1100. The second kappa shape index (κ2) is 8.24. The van der Waals surface area contributed by atoms with Crippen molar-refractivity contribution in [2.75, 3.05) is 34.8 Å². The first kappa shape index (κ1) is 22.7. The average Bonchev–Trinajstić information content (AvgIpc) is 2.68. The normalized spacial score (nSPS) is 14.5. The first-order valence-electron chi connectivity index (χ1n) is 10.2. The third kappa shape index (κ3) is 4.38. The molecule has 0 unspecified atom stereocenters. The number of hydrogen-bond donors (Lipinski definition) is 0. The van der Waals surface area contributed by atoms with Crippen LogP contribution >= 0.6 is 0 Å². The number of aryl methyl sites for hydroxylation is 2. The van der Waals surface area contributed by atoms with E-state index in [-0.39, 0.29) is 35.9 Å². The number of amides is 2. The number of nitrogens with zero attached hydrogens (tertiary/aromatic N) is 2. The third-order valence-corrected chi connectivity index (χ3v) is 5.78. The van der Waals surface area contributed by atoms with E-state index in [1.807, 2.05) is 19.9 Å². The number of likely N-dealkylation sites (N-methyl/N-ethyl adjacent to an activating group) is 2. The second-order valence-corrected chi connectivity index (χ2v) is 8.83. The standard InChI is InChI=1S/C23H30N2O6/c1-13-15(10-18(26)25(6)12-19(27)24(4)5)22(28)30-21-14-8-9-23(2,3)31-16(14)11-17(29-7)20(13)21/h11H,8-10,12H2,1-7H3. The summed E-state index contributed by atoms with van der Waals surface area (Å²) in [5.41, 5.74) is 1.29. The van der Waals surface area contributed by atoms with Crippen molar-refractivity contribution in [3.8, 4) is 11.5 Å². The molecule has 3 rings (SSSR count). The van der Waals surface area contributed by atoms with Crippen LogP contribution in [0.1, 0.15) is 37.0 Å². The fraction of sp³-hybridized carbons (Fsp3) is 0.522. The molecule has 31 heavy (non-hydrogen) atoms. The maximum absolute atomic E-state index is 12.9. The number of ether oxygens (including phenoxy) is 2. The molecule has 2 aromatic rings. The van der Waals surface area contributed by atoms with Gasteiger partial charge in [0.05, 0.1) is 31.0 Å². The Morgan fingerprint density at radius 1 is 1.19 bits per heavy atom. The van der Waals surface area contributed by atoms with Crippen molar-refractivity contribution in [2.24, 2.45) is 0 Å².